The lowest BCUT2D eigenvalue weighted by Crippen LogP contribution is -2.39. The summed E-state index contributed by atoms with van der Waals surface area (Å²) in [5, 5.41) is 14.0. The van der Waals surface area contributed by atoms with Crippen molar-refractivity contribution < 1.29 is 19.4 Å². The van der Waals surface area contributed by atoms with Crippen LogP contribution < -0.4 is 5.32 Å². The Bertz CT molecular complexity index is 967. The molecule has 1 unspecified atom stereocenters. The summed E-state index contributed by atoms with van der Waals surface area (Å²) < 4.78 is 7.16. The second-order valence-corrected chi connectivity index (χ2v) is 6.89. The van der Waals surface area contributed by atoms with Crippen LogP contribution in [0.1, 0.15) is 33.6 Å². The molecule has 1 aromatic carbocycles. The quantitative estimate of drug-likeness (QED) is 0.607. The monoisotopic (exact) mass is 408 g/mol. The van der Waals surface area contributed by atoms with Gasteiger partial charge in [0.2, 0.25) is 0 Å². The zero-order valence-electron chi connectivity index (χ0n) is 16.7. The number of carbonyl (C=O) groups excluding carboxylic acids is 1. The molecular weight excluding hydrogens is 384 g/mol. The minimum atomic E-state index is -0.250. The number of hydrogen-bond acceptors (Lipinski definition) is 5. The van der Waals surface area contributed by atoms with E-state index in [9.17, 15) is 4.79 Å². The molecular formula is C22H24N4O4. The van der Waals surface area contributed by atoms with Crippen LogP contribution in [-0.4, -0.2) is 51.5 Å². The lowest BCUT2D eigenvalue weighted by Gasteiger charge is -2.26. The largest absolute Gasteiger partial charge is 0.483 e. The summed E-state index contributed by atoms with van der Waals surface area (Å²) in [5.41, 5.74) is 4.82. The number of aryl methyl sites for hydroxylation is 1. The van der Waals surface area contributed by atoms with E-state index < -0.39 is 0 Å². The van der Waals surface area contributed by atoms with Crippen molar-refractivity contribution in [2.24, 2.45) is 0 Å². The van der Waals surface area contributed by atoms with Gasteiger partial charge in [0.25, 0.3) is 12.4 Å². The van der Waals surface area contributed by atoms with Gasteiger partial charge in [-0.25, -0.2) is 4.68 Å². The maximum absolute atomic E-state index is 12.3. The first-order valence-corrected chi connectivity index (χ1v) is 9.63. The van der Waals surface area contributed by atoms with Crippen LogP contribution in [0.5, 0.6) is 0 Å². The molecule has 0 saturated carbocycles. The number of hydrogen-bond donors (Lipinski definition) is 2. The van der Waals surface area contributed by atoms with Crippen molar-refractivity contribution >= 4 is 12.4 Å². The van der Waals surface area contributed by atoms with Gasteiger partial charge >= 0.3 is 0 Å². The second kappa shape index (κ2) is 10.3. The van der Waals surface area contributed by atoms with Crippen LogP contribution in [0.4, 0.5) is 0 Å². The normalized spacial score (nSPS) is 14.8. The molecule has 1 saturated heterocycles. The molecule has 2 aromatic heterocycles. The standard InChI is InChI=1S/C21H22N4O2.CH2O2/c1-15-13-22-20(21(26)23-14-19-7-10-27-19)12-17(15)11-16-3-5-18(6-4-16)25-9-2-8-24-25;2-1-3/h2-6,8-9,12-13,19H,7,10-11,14H2,1H3,(H,23,26);1H,(H,2,3). The van der Waals surface area contributed by atoms with Crippen LogP contribution in [0, 0.1) is 6.92 Å². The minimum absolute atomic E-state index is 0.146. The van der Waals surface area contributed by atoms with E-state index in [1.807, 2.05) is 42.1 Å². The van der Waals surface area contributed by atoms with Crippen molar-refractivity contribution in [3.63, 3.8) is 0 Å². The molecule has 0 spiro atoms. The maximum Gasteiger partial charge on any atom is 0.290 e. The molecule has 0 radical (unpaired) electrons. The van der Waals surface area contributed by atoms with Gasteiger partial charge < -0.3 is 15.2 Å². The summed E-state index contributed by atoms with van der Waals surface area (Å²) in [4.78, 5) is 25.0. The number of rotatable bonds is 6. The van der Waals surface area contributed by atoms with Crippen molar-refractivity contribution in [1.82, 2.24) is 20.1 Å². The van der Waals surface area contributed by atoms with Gasteiger partial charge in [-0.3, -0.25) is 14.6 Å². The van der Waals surface area contributed by atoms with E-state index in [1.165, 1.54) is 5.56 Å². The number of nitrogens with zero attached hydrogens (tertiary/aromatic N) is 3. The second-order valence-electron chi connectivity index (χ2n) is 6.89. The van der Waals surface area contributed by atoms with Gasteiger partial charge in [0.05, 0.1) is 11.8 Å². The average molecular weight is 408 g/mol. The molecule has 0 aliphatic carbocycles. The van der Waals surface area contributed by atoms with Crippen molar-refractivity contribution in [2.45, 2.75) is 25.9 Å². The van der Waals surface area contributed by atoms with Crippen LogP contribution >= 0.6 is 0 Å². The fourth-order valence-corrected chi connectivity index (χ4v) is 3.03. The molecule has 3 aromatic rings. The lowest BCUT2D eigenvalue weighted by molar-refractivity contribution is -0.122. The first-order chi connectivity index (χ1) is 14.6. The van der Waals surface area contributed by atoms with Crippen LogP contribution in [-0.2, 0) is 16.0 Å². The van der Waals surface area contributed by atoms with E-state index in [-0.39, 0.29) is 18.5 Å². The number of pyridine rings is 1. The van der Waals surface area contributed by atoms with Gasteiger partial charge in [-0.1, -0.05) is 12.1 Å². The molecule has 1 aliphatic heterocycles. The first kappa shape index (κ1) is 21.2. The summed E-state index contributed by atoms with van der Waals surface area (Å²) in [5.74, 6) is -0.152. The van der Waals surface area contributed by atoms with E-state index in [1.54, 1.807) is 12.4 Å². The van der Waals surface area contributed by atoms with Crippen LogP contribution in [0.25, 0.3) is 5.69 Å². The van der Waals surface area contributed by atoms with Crippen LogP contribution in [0.2, 0.25) is 0 Å². The van der Waals surface area contributed by atoms with E-state index in [0.717, 1.165) is 36.3 Å². The third kappa shape index (κ3) is 5.51. The average Bonchev–Trinajstić information content (AvgIpc) is 3.24. The molecule has 1 amide bonds. The number of ether oxygens (including phenoxy) is 1. The lowest BCUT2D eigenvalue weighted by atomic mass is 10.0. The van der Waals surface area contributed by atoms with E-state index in [4.69, 9.17) is 14.6 Å². The Hall–Kier alpha value is -3.52. The van der Waals surface area contributed by atoms with E-state index in [2.05, 4.69) is 27.5 Å². The fraction of sp³-hybridized carbons (Fsp3) is 0.273. The van der Waals surface area contributed by atoms with Crippen molar-refractivity contribution in [3.05, 3.63) is 77.4 Å². The number of carboxylic acid groups (broad SMARTS) is 1. The highest BCUT2D eigenvalue weighted by molar-refractivity contribution is 5.92. The number of nitrogens with one attached hydrogen (secondary N) is 1. The summed E-state index contributed by atoms with van der Waals surface area (Å²) in [6.45, 7) is 3.09. The number of aromatic nitrogens is 3. The van der Waals surface area contributed by atoms with Crippen LogP contribution in [0.3, 0.4) is 0 Å². The Labute approximate surface area is 174 Å². The zero-order chi connectivity index (χ0) is 21.3. The third-order valence-electron chi connectivity index (χ3n) is 4.83. The van der Waals surface area contributed by atoms with E-state index in [0.29, 0.717) is 12.2 Å². The molecule has 1 fully saturated rings. The number of benzene rings is 1. The predicted molar refractivity (Wildman–Crippen MR) is 111 cm³/mol. The van der Waals surface area contributed by atoms with Crippen molar-refractivity contribution in [3.8, 4) is 5.69 Å². The Morgan fingerprint density at radius 2 is 2.10 bits per heavy atom. The molecule has 8 heteroatoms. The van der Waals surface area contributed by atoms with Gasteiger partial charge in [0.1, 0.15) is 5.69 Å². The molecule has 4 rings (SSSR count). The summed E-state index contributed by atoms with van der Waals surface area (Å²) in [7, 11) is 0. The maximum atomic E-state index is 12.3. The van der Waals surface area contributed by atoms with Crippen LogP contribution in [0.15, 0.2) is 55.0 Å². The van der Waals surface area contributed by atoms with Gasteiger partial charge in [0.15, 0.2) is 0 Å². The Morgan fingerprint density at radius 1 is 1.37 bits per heavy atom. The molecule has 3 heterocycles. The Morgan fingerprint density at radius 3 is 2.70 bits per heavy atom. The molecule has 156 valence electrons. The van der Waals surface area contributed by atoms with Crippen molar-refractivity contribution in [2.75, 3.05) is 13.2 Å². The number of amides is 1. The zero-order valence-corrected chi connectivity index (χ0v) is 16.7. The molecule has 2 N–H and O–H groups in total. The van der Waals surface area contributed by atoms with Gasteiger partial charge in [-0.05, 0) is 60.7 Å². The third-order valence-corrected chi connectivity index (χ3v) is 4.83. The molecule has 30 heavy (non-hydrogen) atoms. The smallest absolute Gasteiger partial charge is 0.290 e. The SMILES string of the molecule is Cc1cnc(C(=O)NCC2CCO2)cc1Cc1ccc(-n2cccn2)cc1.O=CO. The highest BCUT2D eigenvalue weighted by atomic mass is 16.5. The summed E-state index contributed by atoms with van der Waals surface area (Å²) in [6, 6.07) is 12.1. The van der Waals surface area contributed by atoms with E-state index >= 15 is 0 Å². The predicted octanol–water partition coefficient (Wildman–Crippen LogP) is 2.39. The topological polar surface area (TPSA) is 106 Å². The van der Waals surface area contributed by atoms with Gasteiger partial charge in [-0.2, -0.15) is 5.10 Å². The first-order valence-electron chi connectivity index (χ1n) is 9.63. The Kier molecular flexibility index (Phi) is 7.29. The van der Waals surface area contributed by atoms with Crippen molar-refractivity contribution in [1.29, 1.82) is 0 Å². The molecule has 0 bridgehead atoms. The highest BCUT2D eigenvalue weighted by Gasteiger charge is 2.19. The summed E-state index contributed by atoms with van der Waals surface area (Å²) >= 11 is 0. The fourth-order valence-electron chi connectivity index (χ4n) is 3.03. The molecule has 1 atom stereocenters. The minimum Gasteiger partial charge on any atom is -0.483 e. The molecule has 8 nitrogen and oxygen atoms in total. The highest BCUT2D eigenvalue weighted by Crippen LogP contribution is 2.17. The Balaban J connectivity index is 0.000000806. The summed E-state index contributed by atoms with van der Waals surface area (Å²) in [6.07, 6.45) is 7.34. The van der Waals surface area contributed by atoms with Gasteiger partial charge in [-0.15, -0.1) is 0 Å². The number of carbonyl (C=O) groups is 2. The van der Waals surface area contributed by atoms with Gasteiger partial charge in [0, 0.05) is 31.7 Å². The molecule has 1 aliphatic rings.